The van der Waals surface area contributed by atoms with E-state index in [4.69, 9.17) is 5.73 Å². The third-order valence-corrected chi connectivity index (χ3v) is 8.96. The fourth-order valence-electron chi connectivity index (χ4n) is 6.86. The van der Waals surface area contributed by atoms with Gasteiger partial charge in [0.05, 0.1) is 0 Å². The van der Waals surface area contributed by atoms with Crippen LogP contribution in [0.1, 0.15) is 50.2 Å². The number of nitrogens with two attached hydrogens (primary N) is 1. The average Bonchev–Trinajstić information content (AvgIpc) is 3.75. The van der Waals surface area contributed by atoms with Crippen LogP contribution in [0.25, 0.3) is 10.9 Å². The van der Waals surface area contributed by atoms with E-state index in [0.717, 1.165) is 22.0 Å². The molecular weight excluding hydrogens is 560 g/mol. The standard InChI is InChI=1S/C33H42N6O5/c1-32(34,19-22-10-4-3-5-11-22)20-28(40)37-26(18-23-21-36-25-13-7-6-12-24(23)25)29(41)39-17-9-15-33(39,35-2)31(44)38-16-8-14-27(38)30(42)43/h3-7,10-13,21,26-27,35-36H,8-9,14-20,34H2,1-2H3,(H,37,40)(H,42,43). The van der Waals surface area contributed by atoms with Crippen molar-refractivity contribution in [2.24, 2.45) is 5.73 Å². The number of fused-ring (bicyclic) bond motifs is 1. The van der Waals surface area contributed by atoms with Crippen LogP contribution in [0.3, 0.4) is 0 Å². The second-order valence-electron chi connectivity index (χ2n) is 12.4. The molecule has 3 amide bonds. The van der Waals surface area contributed by atoms with Crippen molar-refractivity contribution in [1.82, 2.24) is 25.4 Å². The molecule has 44 heavy (non-hydrogen) atoms. The van der Waals surface area contributed by atoms with Crippen molar-refractivity contribution in [3.63, 3.8) is 0 Å². The van der Waals surface area contributed by atoms with Gasteiger partial charge in [0.2, 0.25) is 11.8 Å². The molecule has 0 bridgehead atoms. The number of benzene rings is 2. The van der Waals surface area contributed by atoms with Gasteiger partial charge in [0.25, 0.3) is 5.91 Å². The number of carboxylic acids is 1. The maximum Gasteiger partial charge on any atom is 0.326 e. The first-order valence-electron chi connectivity index (χ1n) is 15.3. The van der Waals surface area contributed by atoms with Gasteiger partial charge < -0.3 is 30.9 Å². The van der Waals surface area contributed by atoms with E-state index in [-0.39, 0.29) is 18.7 Å². The first-order valence-corrected chi connectivity index (χ1v) is 15.3. The first kappa shape index (κ1) is 31.2. The number of likely N-dealkylation sites (tertiary alicyclic amines) is 2. The number of carboxylic acid groups (broad SMARTS) is 1. The number of rotatable bonds is 11. The second kappa shape index (κ2) is 12.8. The molecule has 0 radical (unpaired) electrons. The Labute approximate surface area is 257 Å². The van der Waals surface area contributed by atoms with Crippen molar-refractivity contribution >= 4 is 34.6 Å². The Morgan fingerprint density at radius 2 is 1.82 bits per heavy atom. The van der Waals surface area contributed by atoms with Crippen LogP contribution in [-0.2, 0) is 32.0 Å². The van der Waals surface area contributed by atoms with Crippen LogP contribution >= 0.6 is 0 Å². The molecule has 4 atom stereocenters. The monoisotopic (exact) mass is 602 g/mol. The largest absolute Gasteiger partial charge is 0.480 e. The van der Waals surface area contributed by atoms with Crippen molar-refractivity contribution in [3.8, 4) is 0 Å². The summed E-state index contributed by atoms with van der Waals surface area (Å²) in [6.07, 6.45) is 4.34. The quantitative estimate of drug-likeness (QED) is 0.225. The first-order chi connectivity index (χ1) is 21.0. The lowest BCUT2D eigenvalue weighted by Crippen LogP contribution is -2.68. The van der Waals surface area contributed by atoms with Crippen LogP contribution in [0, 0.1) is 0 Å². The number of H-pyrrole nitrogens is 1. The zero-order chi connectivity index (χ0) is 31.5. The third kappa shape index (κ3) is 6.34. The Morgan fingerprint density at radius 3 is 2.55 bits per heavy atom. The number of nitrogens with one attached hydrogen (secondary N) is 3. The van der Waals surface area contributed by atoms with E-state index in [1.807, 2.05) is 67.7 Å². The number of aliphatic carboxylic acids is 1. The molecule has 2 fully saturated rings. The highest BCUT2D eigenvalue weighted by Crippen LogP contribution is 2.33. The predicted molar refractivity (Wildman–Crippen MR) is 166 cm³/mol. The summed E-state index contributed by atoms with van der Waals surface area (Å²) in [7, 11) is 1.62. The van der Waals surface area contributed by atoms with Gasteiger partial charge in [-0.3, -0.25) is 19.7 Å². The van der Waals surface area contributed by atoms with E-state index in [0.29, 0.717) is 45.2 Å². The van der Waals surface area contributed by atoms with Crippen LogP contribution in [-0.4, -0.2) is 87.0 Å². The fraction of sp³-hybridized carbons (Fsp3) is 0.455. The molecule has 234 valence electrons. The summed E-state index contributed by atoms with van der Waals surface area (Å²) in [5, 5.41) is 16.7. The van der Waals surface area contributed by atoms with Gasteiger partial charge in [-0.25, -0.2) is 4.79 Å². The number of hydrogen-bond acceptors (Lipinski definition) is 6. The van der Waals surface area contributed by atoms with Crippen LogP contribution in [0.5, 0.6) is 0 Å². The summed E-state index contributed by atoms with van der Waals surface area (Å²) in [5.74, 6) is -2.25. The molecular formula is C33H42N6O5. The SMILES string of the molecule is CNC1(C(=O)N2CCCC2C(=O)O)CCCN1C(=O)C(Cc1c[nH]c2ccccc12)NC(=O)CC(C)(N)Cc1ccccc1. The average molecular weight is 603 g/mol. The highest BCUT2D eigenvalue weighted by Gasteiger charge is 2.54. The molecule has 2 saturated heterocycles. The Bertz CT molecular complexity index is 1520. The zero-order valence-electron chi connectivity index (χ0n) is 25.3. The Morgan fingerprint density at radius 1 is 1.09 bits per heavy atom. The number of amides is 3. The minimum Gasteiger partial charge on any atom is -0.480 e. The number of nitrogens with zero attached hydrogens (tertiary/aromatic N) is 2. The molecule has 5 rings (SSSR count). The molecule has 11 nitrogen and oxygen atoms in total. The highest BCUT2D eigenvalue weighted by atomic mass is 16.4. The minimum atomic E-state index is -1.41. The summed E-state index contributed by atoms with van der Waals surface area (Å²) >= 11 is 0. The van der Waals surface area contributed by atoms with Crippen LogP contribution < -0.4 is 16.4 Å². The number of aromatic nitrogens is 1. The highest BCUT2D eigenvalue weighted by molar-refractivity contribution is 5.97. The van der Waals surface area contributed by atoms with Crippen molar-refractivity contribution in [1.29, 1.82) is 0 Å². The Balaban J connectivity index is 1.42. The van der Waals surface area contributed by atoms with Crippen LogP contribution in [0.4, 0.5) is 0 Å². The summed E-state index contributed by atoms with van der Waals surface area (Å²) in [4.78, 5) is 60.0. The third-order valence-electron chi connectivity index (χ3n) is 8.96. The number of carbonyl (C=O) groups is 4. The van der Waals surface area contributed by atoms with Gasteiger partial charge in [0.15, 0.2) is 5.66 Å². The number of carbonyl (C=O) groups excluding carboxylic acids is 3. The van der Waals surface area contributed by atoms with Crippen LogP contribution in [0.2, 0.25) is 0 Å². The van der Waals surface area contributed by atoms with Gasteiger partial charge in [-0.2, -0.15) is 0 Å². The second-order valence-corrected chi connectivity index (χ2v) is 12.4. The van der Waals surface area contributed by atoms with E-state index < -0.39 is 41.1 Å². The Hall–Kier alpha value is -4.22. The lowest BCUT2D eigenvalue weighted by Gasteiger charge is -2.41. The van der Waals surface area contributed by atoms with E-state index in [1.165, 1.54) is 9.80 Å². The summed E-state index contributed by atoms with van der Waals surface area (Å²) in [5.41, 5.74) is 7.07. The van der Waals surface area contributed by atoms with E-state index in [9.17, 15) is 24.3 Å². The van der Waals surface area contributed by atoms with Gasteiger partial charge in [-0.05, 0) is 63.3 Å². The van der Waals surface area contributed by atoms with E-state index in [1.54, 1.807) is 7.05 Å². The number of para-hydroxylation sites is 1. The topological polar surface area (TPSA) is 161 Å². The van der Waals surface area contributed by atoms with Crippen molar-refractivity contribution < 1.29 is 24.3 Å². The Kier molecular flexibility index (Phi) is 9.07. The molecule has 11 heteroatoms. The van der Waals surface area contributed by atoms with Gasteiger partial charge in [0.1, 0.15) is 12.1 Å². The maximum absolute atomic E-state index is 14.5. The predicted octanol–water partition coefficient (Wildman–Crippen LogP) is 2.16. The molecule has 0 spiro atoms. The number of likely N-dealkylation sites (N-methyl/N-ethyl adjacent to an activating group) is 1. The van der Waals surface area contributed by atoms with E-state index >= 15 is 0 Å². The zero-order valence-corrected chi connectivity index (χ0v) is 25.3. The number of hydrogen-bond donors (Lipinski definition) is 5. The van der Waals surface area contributed by atoms with Gasteiger partial charge in [-0.15, -0.1) is 0 Å². The molecule has 3 heterocycles. The molecule has 2 aromatic carbocycles. The van der Waals surface area contributed by atoms with Crippen molar-refractivity contribution in [2.45, 2.75) is 75.2 Å². The molecule has 2 aliphatic rings. The minimum absolute atomic E-state index is 0.0102. The molecule has 1 aromatic heterocycles. The van der Waals surface area contributed by atoms with Gasteiger partial charge in [-0.1, -0.05) is 48.5 Å². The molecule has 0 saturated carbocycles. The maximum atomic E-state index is 14.5. The summed E-state index contributed by atoms with van der Waals surface area (Å²) < 4.78 is 0. The fourth-order valence-corrected chi connectivity index (χ4v) is 6.86. The lowest BCUT2D eigenvalue weighted by molar-refractivity contribution is -0.159. The van der Waals surface area contributed by atoms with Gasteiger partial charge >= 0.3 is 5.97 Å². The van der Waals surface area contributed by atoms with E-state index in [2.05, 4.69) is 15.6 Å². The van der Waals surface area contributed by atoms with Gasteiger partial charge in [0, 0.05) is 48.6 Å². The molecule has 3 aromatic rings. The van der Waals surface area contributed by atoms with Crippen molar-refractivity contribution in [2.75, 3.05) is 20.1 Å². The van der Waals surface area contributed by atoms with Crippen LogP contribution in [0.15, 0.2) is 60.8 Å². The molecule has 6 N–H and O–H groups in total. The molecule has 0 aliphatic carbocycles. The summed E-state index contributed by atoms with van der Waals surface area (Å²) in [6, 6.07) is 15.5. The molecule has 4 unspecified atom stereocenters. The molecule has 2 aliphatic heterocycles. The number of aromatic amines is 1. The normalized spacial score (nSPS) is 22.1. The lowest BCUT2D eigenvalue weighted by atomic mass is 9.90. The van der Waals surface area contributed by atoms with Crippen molar-refractivity contribution in [3.05, 3.63) is 71.9 Å². The smallest absolute Gasteiger partial charge is 0.326 e. The summed E-state index contributed by atoms with van der Waals surface area (Å²) in [6.45, 7) is 2.42.